The average Bonchev–Trinajstić information content (AvgIpc) is 2.29. The predicted octanol–water partition coefficient (Wildman–Crippen LogP) is 3.31. The lowest BCUT2D eigenvalue weighted by Crippen LogP contribution is -2.56. The highest BCUT2D eigenvalue weighted by molar-refractivity contribution is 4.97. The summed E-state index contributed by atoms with van der Waals surface area (Å²) < 4.78 is 0. The normalized spacial score (nSPS) is 28.6. The molecule has 0 aliphatic heterocycles. The molecule has 0 bridgehead atoms. The van der Waals surface area contributed by atoms with Crippen LogP contribution in [-0.2, 0) is 0 Å². The lowest BCUT2D eigenvalue weighted by molar-refractivity contribution is 0.119. The fraction of sp³-hybridized carbons (Fsp3) is 1.00. The van der Waals surface area contributed by atoms with E-state index in [4.69, 9.17) is 5.73 Å². The van der Waals surface area contributed by atoms with Crippen LogP contribution in [0.3, 0.4) is 0 Å². The third-order valence-corrected chi connectivity index (χ3v) is 4.64. The molecule has 2 nitrogen and oxygen atoms in total. The minimum absolute atomic E-state index is 0.213. The zero-order valence-electron chi connectivity index (χ0n) is 12.3. The van der Waals surface area contributed by atoms with Gasteiger partial charge in [0.05, 0.1) is 0 Å². The molecular weight excluding hydrogens is 208 g/mol. The summed E-state index contributed by atoms with van der Waals surface area (Å²) in [4.78, 5) is 0. The van der Waals surface area contributed by atoms with Gasteiger partial charge in [-0.1, -0.05) is 47.0 Å². The van der Waals surface area contributed by atoms with Crippen molar-refractivity contribution in [3.05, 3.63) is 0 Å². The number of hydrogen-bond donors (Lipinski definition) is 2. The highest BCUT2D eigenvalue weighted by atomic mass is 15.0. The third-order valence-electron chi connectivity index (χ3n) is 4.64. The number of hydrogen-bond acceptors (Lipinski definition) is 2. The van der Waals surface area contributed by atoms with Gasteiger partial charge in [-0.2, -0.15) is 0 Å². The van der Waals surface area contributed by atoms with E-state index in [-0.39, 0.29) is 5.54 Å². The molecule has 0 aromatic heterocycles. The van der Waals surface area contributed by atoms with Crippen molar-refractivity contribution in [2.24, 2.45) is 17.1 Å². The molecule has 0 aromatic rings. The SMILES string of the molecule is CCC(CC)CNC1(CN)CCCC(C)(C)C1. The van der Waals surface area contributed by atoms with E-state index in [9.17, 15) is 0 Å². The first-order chi connectivity index (χ1) is 7.97. The summed E-state index contributed by atoms with van der Waals surface area (Å²) in [5.41, 5.74) is 6.74. The highest BCUT2D eigenvalue weighted by Gasteiger charge is 2.38. The molecule has 0 amide bonds. The van der Waals surface area contributed by atoms with Crippen LogP contribution in [0, 0.1) is 11.3 Å². The molecule has 3 N–H and O–H groups in total. The Morgan fingerprint density at radius 2 is 1.82 bits per heavy atom. The minimum Gasteiger partial charge on any atom is -0.329 e. The molecule has 102 valence electrons. The molecule has 0 saturated heterocycles. The Balaban J connectivity index is 2.56. The van der Waals surface area contributed by atoms with E-state index < -0.39 is 0 Å². The Morgan fingerprint density at radius 1 is 1.18 bits per heavy atom. The topological polar surface area (TPSA) is 38.0 Å². The van der Waals surface area contributed by atoms with Gasteiger partial charge in [-0.25, -0.2) is 0 Å². The van der Waals surface area contributed by atoms with Gasteiger partial charge in [0.25, 0.3) is 0 Å². The van der Waals surface area contributed by atoms with Gasteiger partial charge in [-0.15, -0.1) is 0 Å². The summed E-state index contributed by atoms with van der Waals surface area (Å²) >= 11 is 0. The van der Waals surface area contributed by atoms with E-state index in [0.717, 1.165) is 19.0 Å². The molecule has 17 heavy (non-hydrogen) atoms. The zero-order chi connectivity index (χ0) is 12.9. The average molecular weight is 240 g/mol. The number of nitrogens with two attached hydrogens (primary N) is 1. The van der Waals surface area contributed by atoms with Crippen molar-refractivity contribution in [1.82, 2.24) is 5.32 Å². The second-order valence-electron chi connectivity index (χ2n) is 6.74. The van der Waals surface area contributed by atoms with Crippen molar-refractivity contribution in [3.8, 4) is 0 Å². The Kier molecular flexibility index (Phi) is 5.46. The van der Waals surface area contributed by atoms with Crippen molar-refractivity contribution >= 4 is 0 Å². The molecule has 2 heteroatoms. The molecule has 0 heterocycles. The lowest BCUT2D eigenvalue weighted by atomic mass is 9.68. The maximum Gasteiger partial charge on any atom is 0.0309 e. The maximum absolute atomic E-state index is 6.07. The van der Waals surface area contributed by atoms with E-state index in [1.807, 2.05) is 0 Å². The smallest absolute Gasteiger partial charge is 0.0309 e. The van der Waals surface area contributed by atoms with E-state index in [2.05, 4.69) is 33.0 Å². The Labute approximate surface area is 108 Å². The molecule has 1 aliphatic carbocycles. The van der Waals surface area contributed by atoms with Crippen molar-refractivity contribution in [2.75, 3.05) is 13.1 Å². The Hall–Kier alpha value is -0.0800. The summed E-state index contributed by atoms with van der Waals surface area (Å²) in [6.45, 7) is 11.3. The van der Waals surface area contributed by atoms with Gasteiger partial charge in [-0.05, 0) is 37.1 Å². The monoisotopic (exact) mass is 240 g/mol. The molecule has 1 rings (SSSR count). The van der Waals surface area contributed by atoms with Crippen LogP contribution >= 0.6 is 0 Å². The fourth-order valence-corrected chi connectivity index (χ4v) is 3.33. The van der Waals surface area contributed by atoms with Crippen LogP contribution in [0.15, 0.2) is 0 Å². The van der Waals surface area contributed by atoms with Gasteiger partial charge < -0.3 is 11.1 Å². The van der Waals surface area contributed by atoms with Gasteiger partial charge >= 0.3 is 0 Å². The van der Waals surface area contributed by atoms with Crippen molar-refractivity contribution in [1.29, 1.82) is 0 Å². The van der Waals surface area contributed by atoms with Gasteiger partial charge in [0.2, 0.25) is 0 Å². The van der Waals surface area contributed by atoms with E-state index in [1.165, 1.54) is 38.5 Å². The van der Waals surface area contributed by atoms with Crippen LogP contribution in [0.1, 0.15) is 66.2 Å². The van der Waals surface area contributed by atoms with Crippen molar-refractivity contribution in [3.63, 3.8) is 0 Å². The lowest BCUT2D eigenvalue weighted by Gasteiger charge is -2.45. The molecule has 1 unspecified atom stereocenters. The van der Waals surface area contributed by atoms with Crippen LogP contribution in [-0.4, -0.2) is 18.6 Å². The first-order valence-electron chi connectivity index (χ1n) is 7.42. The second-order valence-corrected chi connectivity index (χ2v) is 6.74. The van der Waals surface area contributed by atoms with E-state index >= 15 is 0 Å². The highest BCUT2D eigenvalue weighted by Crippen LogP contribution is 2.40. The first-order valence-corrected chi connectivity index (χ1v) is 7.42. The molecule has 1 saturated carbocycles. The molecule has 0 spiro atoms. The van der Waals surface area contributed by atoms with Crippen molar-refractivity contribution in [2.45, 2.75) is 71.8 Å². The number of rotatable bonds is 6. The molecule has 0 aromatic carbocycles. The predicted molar refractivity (Wildman–Crippen MR) is 76.1 cm³/mol. The van der Waals surface area contributed by atoms with E-state index in [1.54, 1.807) is 0 Å². The largest absolute Gasteiger partial charge is 0.329 e. The fourth-order valence-electron chi connectivity index (χ4n) is 3.33. The van der Waals surface area contributed by atoms with Crippen LogP contribution in [0.4, 0.5) is 0 Å². The third kappa shape index (κ3) is 4.26. The first kappa shape index (κ1) is 15.0. The van der Waals surface area contributed by atoms with Crippen LogP contribution in [0.5, 0.6) is 0 Å². The van der Waals surface area contributed by atoms with Gasteiger partial charge in [-0.3, -0.25) is 0 Å². The molecule has 1 aliphatic rings. The van der Waals surface area contributed by atoms with Crippen LogP contribution in [0.2, 0.25) is 0 Å². The molecule has 1 atom stereocenters. The van der Waals surface area contributed by atoms with Crippen LogP contribution < -0.4 is 11.1 Å². The van der Waals surface area contributed by atoms with Crippen LogP contribution in [0.25, 0.3) is 0 Å². The summed E-state index contributed by atoms with van der Waals surface area (Å²) in [5.74, 6) is 0.809. The zero-order valence-corrected chi connectivity index (χ0v) is 12.3. The molecule has 1 fully saturated rings. The summed E-state index contributed by atoms with van der Waals surface area (Å²) in [7, 11) is 0. The van der Waals surface area contributed by atoms with E-state index in [0.29, 0.717) is 5.41 Å². The summed E-state index contributed by atoms with van der Waals surface area (Å²) in [5, 5.41) is 3.82. The Morgan fingerprint density at radius 3 is 2.29 bits per heavy atom. The maximum atomic E-state index is 6.07. The van der Waals surface area contributed by atoms with Gasteiger partial charge in [0.1, 0.15) is 0 Å². The molecular formula is C15H32N2. The second kappa shape index (κ2) is 6.19. The number of nitrogens with one attached hydrogen (secondary N) is 1. The van der Waals surface area contributed by atoms with Gasteiger partial charge in [0, 0.05) is 12.1 Å². The summed E-state index contributed by atoms with van der Waals surface area (Å²) in [6.07, 6.45) is 7.70. The standard InChI is InChI=1S/C15H32N2/c1-5-13(6-2)10-17-15(12-16)9-7-8-14(3,4)11-15/h13,17H,5-12,16H2,1-4H3. The Bertz CT molecular complexity index is 221. The van der Waals surface area contributed by atoms with Crippen molar-refractivity contribution < 1.29 is 0 Å². The quantitative estimate of drug-likeness (QED) is 0.747. The van der Waals surface area contributed by atoms with Gasteiger partial charge in [0.15, 0.2) is 0 Å². The minimum atomic E-state index is 0.213. The summed E-state index contributed by atoms with van der Waals surface area (Å²) in [6, 6.07) is 0. The molecule has 0 radical (unpaired) electrons.